The molecule has 2 aromatic carbocycles. The molecule has 4 N–H and O–H groups in total. The van der Waals surface area contributed by atoms with Crippen molar-refractivity contribution in [1.29, 1.82) is 5.26 Å². The second-order valence-electron chi connectivity index (χ2n) is 7.93. The molecule has 2 aliphatic heterocycles. The molecule has 0 aromatic heterocycles. The number of Topliss-reactive ketones (excluding diaryl/α,β-unsaturated/α-hetero) is 2. The van der Waals surface area contributed by atoms with Crippen LogP contribution in [0.25, 0.3) is 0 Å². The number of nitrogens with two attached hydrogens (primary N) is 1. The highest BCUT2D eigenvalue weighted by atomic mass is 35.5. The van der Waals surface area contributed by atoms with E-state index in [4.69, 9.17) is 17.3 Å². The van der Waals surface area contributed by atoms with Crippen LogP contribution < -0.4 is 16.5 Å². The summed E-state index contributed by atoms with van der Waals surface area (Å²) < 4.78 is 0. The molecule has 1 amide bonds. The summed E-state index contributed by atoms with van der Waals surface area (Å²) >= 11 is 5.97. The number of benzene rings is 2. The van der Waals surface area contributed by atoms with Crippen molar-refractivity contribution in [2.24, 2.45) is 10.7 Å². The number of halogens is 1. The maximum absolute atomic E-state index is 13.1. The molecule has 1 fully saturated rings. The van der Waals surface area contributed by atoms with Crippen LogP contribution in [0.3, 0.4) is 0 Å². The van der Waals surface area contributed by atoms with Gasteiger partial charge in [-0.15, -0.1) is 0 Å². The van der Waals surface area contributed by atoms with Gasteiger partial charge in [-0.3, -0.25) is 19.8 Å². The summed E-state index contributed by atoms with van der Waals surface area (Å²) in [5.41, 5.74) is 10.4. The minimum atomic E-state index is -1.06. The van der Waals surface area contributed by atoms with Gasteiger partial charge in [-0.2, -0.15) is 5.26 Å². The molecule has 3 aliphatic rings. The fourth-order valence-electron chi connectivity index (χ4n) is 4.37. The first-order valence-corrected chi connectivity index (χ1v) is 10.7. The number of rotatable bonds is 3. The Morgan fingerprint density at radius 3 is 2.53 bits per heavy atom. The van der Waals surface area contributed by atoms with Crippen LogP contribution in [-0.2, 0) is 4.79 Å². The number of amidine groups is 1. The number of ketones is 2. The Morgan fingerprint density at radius 1 is 1.15 bits per heavy atom. The van der Waals surface area contributed by atoms with Gasteiger partial charge in [0, 0.05) is 22.6 Å². The zero-order chi connectivity index (χ0) is 24.0. The Morgan fingerprint density at radius 2 is 1.85 bits per heavy atom. The van der Waals surface area contributed by atoms with Gasteiger partial charge in [0.1, 0.15) is 29.3 Å². The van der Waals surface area contributed by atoms with E-state index >= 15 is 0 Å². The number of allylic oxidation sites excluding steroid dienone is 1. The highest BCUT2D eigenvalue weighted by molar-refractivity contribution is 6.30. The van der Waals surface area contributed by atoms with Crippen LogP contribution in [0.1, 0.15) is 38.7 Å². The molecule has 2 aromatic rings. The highest BCUT2D eigenvalue weighted by Gasteiger charge is 2.42. The molecule has 0 radical (unpaired) electrons. The summed E-state index contributed by atoms with van der Waals surface area (Å²) in [5, 5.41) is 14.6. The molecular formula is C24H17ClN6O3. The van der Waals surface area contributed by atoms with E-state index in [9.17, 15) is 19.6 Å². The normalized spacial score (nSPS) is 22.7. The van der Waals surface area contributed by atoms with Crippen molar-refractivity contribution in [2.45, 2.75) is 18.5 Å². The molecular weight excluding hydrogens is 456 g/mol. The molecule has 0 spiro atoms. The minimum absolute atomic E-state index is 0.0390. The Balaban J connectivity index is 1.53. The number of nitrogens with zero attached hydrogens (tertiary/aromatic N) is 3. The summed E-state index contributed by atoms with van der Waals surface area (Å²) in [5.74, 6) is -0.303. The fraction of sp³-hybridized carbons (Fsp3) is 0.125. The van der Waals surface area contributed by atoms with E-state index in [1.165, 1.54) is 5.01 Å². The second kappa shape index (κ2) is 8.17. The van der Waals surface area contributed by atoms with Gasteiger partial charge < -0.3 is 11.1 Å². The predicted octanol–water partition coefficient (Wildman–Crippen LogP) is 2.15. The third-order valence-electron chi connectivity index (χ3n) is 6.02. The number of hydrogen-bond acceptors (Lipinski definition) is 7. The van der Waals surface area contributed by atoms with E-state index in [-0.39, 0.29) is 45.6 Å². The van der Waals surface area contributed by atoms with Gasteiger partial charge in [0.15, 0.2) is 11.6 Å². The van der Waals surface area contributed by atoms with Gasteiger partial charge in [0.25, 0.3) is 0 Å². The smallest absolute Gasteiger partial charge is 0.228 e. The van der Waals surface area contributed by atoms with Crippen LogP contribution in [0.4, 0.5) is 0 Å². The van der Waals surface area contributed by atoms with Crippen molar-refractivity contribution in [3.63, 3.8) is 0 Å². The first-order chi connectivity index (χ1) is 16.4. The predicted molar refractivity (Wildman–Crippen MR) is 123 cm³/mol. The lowest BCUT2D eigenvalue weighted by Gasteiger charge is -2.31. The quantitative estimate of drug-likeness (QED) is 0.581. The molecule has 1 aliphatic carbocycles. The molecule has 2 heterocycles. The van der Waals surface area contributed by atoms with E-state index in [0.29, 0.717) is 23.7 Å². The Labute approximate surface area is 199 Å². The van der Waals surface area contributed by atoms with E-state index in [2.05, 4.69) is 15.7 Å². The first-order valence-electron chi connectivity index (χ1n) is 10.3. The molecule has 1 saturated heterocycles. The van der Waals surface area contributed by atoms with Crippen LogP contribution in [0.2, 0.25) is 5.02 Å². The summed E-state index contributed by atoms with van der Waals surface area (Å²) in [6.07, 6.45) is 0.962. The number of fused-ring (bicyclic) bond motifs is 2. The SMILES string of the molecule is N#CC1=C(/N=C2\CC(c3ccc(Cl)cc3)N(C=O)N2)NC2C(=O)c3ccccc3C(=O)C2=C1N. The topological polar surface area (TPSA) is 141 Å². The van der Waals surface area contributed by atoms with Crippen LogP contribution >= 0.6 is 11.6 Å². The summed E-state index contributed by atoms with van der Waals surface area (Å²) in [6.45, 7) is 0. The fourth-order valence-corrected chi connectivity index (χ4v) is 4.50. The van der Waals surface area contributed by atoms with Crippen LogP contribution in [-0.4, -0.2) is 34.9 Å². The molecule has 2 unspecified atom stereocenters. The second-order valence-corrected chi connectivity index (χ2v) is 8.37. The Kier molecular flexibility index (Phi) is 5.15. The largest absolute Gasteiger partial charge is 0.397 e. The third-order valence-corrected chi connectivity index (χ3v) is 6.27. The standard InChI is InChI=1S/C24H17ClN6O3/c25-13-7-5-12(6-8-13)17-9-18(30-31(17)11-32)28-24-16(10-26)20(27)19-21(29-24)23(34)15-4-2-1-3-14(15)22(19)33/h1-8,11,17,21,29H,9,27H2,(H,28,30). The van der Waals surface area contributed by atoms with Crippen LogP contribution in [0, 0.1) is 11.3 Å². The molecule has 10 heteroatoms. The highest BCUT2D eigenvalue weighted by Crippen LogP contribution is 2.34. The number of nitrogens with one attached hydrogen (secondary N) is 2. The van der Waals surface area contributed by atoms with Crippen molar-refractivity contribution in [2.75, 3.05) is 0 Å². The van der Waals surface area contributed by atoms with E-state index in [1.807, 2.05) is 18.2 Å². The van der Waals surface area contributed by atoms with Crippen molar-refractivity contribution >= 4 is 35.4 Å². The van der Waals surface area contributed by atoms with Crippen LogP contribution in [0.5, 0.6) is 0 Å². The van der Waals surface area contributed by atoms with Crippen molar-refractivity contribution in [1.82, 2.24) is 15.8 Å². The number of hydrogen-bond donors (Lipinski definition) is 3. The lowest BCUT2D eigenvalue weighted by Crippen LogP contribution is -2.48. The van der Waals surface area contributed by atoms with Gasteiger partial charge in [-0.05, 0) is 17.7 Å². The first kappa shape index (κ1) is 21.4. The average Bonchev–Trinajstić information content (AvgIpc) is 3.25. The summed E-state index contributed by atoms with van der Waals surface area (Å²) in [7, 11) is 0. The Hall–Kier alpha value is -4.42. The van der Waals surface area contributed by atoms with Gasteiger partial charge in [0.2, 0.25) is 6.41 Å². The number of carbonyl (C=O) groups is 3. The lowest BCUT2D eigenvalue weighted by atomic mass is 9.79. The molecule has 0 saturated carbocycles. The molecule has 5 rings (SSSR count). The van der Waals surface area contributed by atoms with Crippen LogP contribution in [0.15, 0.2) is 76.2 Å². The maximum atomic E-state index is 13.1. The Bertz CT molecular complexity index is 1390. The van der Waals surface area contributed by atoms with Crippen molar-refractivity contribution in [3.05, 3.63) is 92.9 Å². The van der Waals surface area contributed by atoms with Gasteiger partial charge in [0.05, 0.1) is 17.3 Å². The lowest BCUT2D eigenvalue weighted by molar-refractivity contribution is -0.121. The third kappa shape index (κ3) is 3.32. The number of hydrazine groups is 1. The van der Waals surface area contributed by atoms with E-state index in [0.717, 1.165) is 5.56 Å². The maximum Gasteiger partial charge on any atom is 0.228 e. The molecule has 0 bridgehead atoms. The van der Waals surface area contributed by atoms with E-state index < -0.39 is 11.8 Å². The molecule has 34 heavy (non-hydrogen) atoms. The average molecular weight is 473 g/mol. The zero-order valence-corrected chi connectivity index (χ0v) is 18.3. The van der Waals surface area contributed by atoms with Gasteiger partial charge in [-0.1, -0.05) is 48.0 Å². The monoisotopic (exact) mass is 472 g/mol. The minimum Gasteiger partial charge on any atom is -0.397 e. The number of dihydropyridines is 1. The summed E-state index contributed by atoms with van der Waals surface area (Å²) in [6, 6.07) is 14.1. The van der Waals surface area contributed by atoms with Gasteiger partial charge >= 0.3 is 0 Å². The van der Waals surface area contributed by atoms with Crippen molar-refractivity contribution < 1.29 is 14.4 Å². The van der Waals surface area contributed by atoms with E-state index in [1.54, 1.807) is 36.4 Å². The molecule has 2 atom stereocenters. The molecule has 168 valence electrons. The van der Waals surface area contributed by atoms with Crippen molar-refractivity contribution in [3.8, 4) is 6.07 Å². The number of nitriles is 1. The summed E-state index contributed by atoms with van der Waals surface area (Å²) in [4.78, 5) is 42.3. The number of aliphatic imine (C=N–C) groups is 1. The molecule has 9 nitrogen and oxygen atoms in total. The number of carbonyl (C=O) groups excluding carboxylic acids is 3. The van der Waals surface area contributed by atoms with Gasteiger partial charge in [-0.25, -0.2) is 10.0 Å². The number of amides is 1. The zero-order valence-electron chi connectivity index (χ0n) is 17.6.